The van der Waals surface area contributed by atoms with Crippen LogP contribution in [0, 0.1) is 6.92 Å². The van der Waals surface area contributed by atoms with Crippen molar-refractivity contribution in [2.75, 3.05) is 0 Å². The average molecular weight is 884 g/mol. The zero-order chi connectivity index (χ0) is 46.3. The number of nitrogens with zero attached hydrogens (tertiary/aromatic N) is 5. The van der Waals surface area contributed by atoms with Gasteiger partial charge in [0.05, 0.1) is 27.9 Å². The van der Waals surface area contributed by atoms with Crippen LogP contribution in [-0.4, -0.2) is 24.1 Å². The maximum absolute atomic E-state index is 5.10. The predicted octanol–water partition coefficient (Wildman–Crippen LogP) is 16.3. The largest absolute Gasteiger partial charge is 0.309 e. The van der Waals surface area contributed by atoms with Gasteiger partial charge >= 0.3 is 0 Å². The van der Waals surface area contributed by atoms with E-state index in [2.05, 4.69) is 221 Å². The molecule has 12 rings (SSSR count). The molecule has 0 saturated heterocycles. The number of rotatable bonds is 10. The normalized spacial score (nSPS) is 11.6. The molecule has 0 aliphatic rings. The number of para-hydroxylation sites is 2. The highest BCUT2D eigenvalue weighted by molar-refractivity contribution is 6.10. The molecule has 0 radical (unpaired) electrons. The molecule has 5 aromatic heterocycles. The van der Waals surface area contributed by atoms with Crippen LogP contribution in [-0.2, 0) is 0 Å². The summed E-state index contributed by atoms with van der Waals surface area (Å²) in [7, 11) is 0. The van der Waals surface area contributed by atoms with Crippen LogP contribution in [0.4, 0.5) is 0 Å². The fourth-order valence-corrected chi connectivity index (χ4v) is 9.80. The maximum Gasteiger partial charge on any atom is 0.0716 e. The number of allylic oxidation sites excluding steroid dienone is 2. The Labute approximate surface area is 401 Å². The van der Waals surface area contributed by atoms with Crippen LogP contribution in [0.2, 0.25) is 0 Å². The van der Waals surface area contributed by atoms with Crippen molar-refractivity contribution in [2.45, 2.75) is 6.92 Å². The number of fused-ring (bicyclic) bond motifs is 4. The lowest BCUT2D eigenvalue weighted by Gasteiger charge is -2.17. The summed E-state index contributed by atoms with van der Waals surface area (Å²) in [5.41, 5.74) is 20.5. The topological polar surface area (TPSA) is 48.5 Å². The molecule has 0 amide bonds. The lowest BCUT2D eigenvalue weighted by atomic mass is 9.97. The first-order chi connectivity index (χ1) is 34.0. The highest BCUT2D eigenvalue weighted by Crippen LogP contribution is 2.40. The molecule has 326 valence electrons. The Hall–Kier alpha value is -9.19. The van der Waals surface area contributed by atoms with Gasteiger partial charge in [0.15, 0.2) is 0 Å². The molecule has 0 aliphatic heterocycles. The summed E-state index contributed by atoms with van der Waals surface area (Å²) in [5, 5.41) is 3.63. The molecule has 0 N–H and O–H groups in total. The zero-order valence-electron chi connectivity index (χ0n) is 38.0. The van der Waals surface area contributed by atoms with Crippen molar-refractivity contribution in [1.82, 2.24) is 24.1 Å². The van der Waals surface area contributed by atoms with E-state index in [-0.39, 0.29) is 0 Å². The van der Waals surface area contributed by atoms with Crippen LogP contribution in [0.5, 0.6) is 0 Å². The van der Waals surface area contributed by atoms with E-state index in [4.69, 9.17) is 4.98 Å². The smallest absolute Gasteiger partial charge is 0.0716 e. The minimum absolute atomic E-state index is 0.886. The Balaban J connectivity index is 1.05. The molecule has 0 aliphatic carbocycles. The minimum atomic E-state index is 0.886. The monoisotopic (exact) mass is 883 g/mol. The van der Waals surface area contributed by atoms with Gasteiger partial charge in [0.25, 0.3) is 0 Å². The van der Waals surface area contributed by atoms with Crippen molar-refractivity contribution in [3.8, 4) is 67.3 Å². The van der Waals surface area contributed by atoms with Gasteiger partial charge in [-0.2, -0.15) is 0 Å². The van der Waals surface area contributed by atoms with Gasteiger partial charge in [-0.05, 0) is 142 Å². The van der Waals surface area contributed by atoms with Crippen molar-refractivity contribution < 1.29 is 0 Å². The van der Waals surface area contributed by atoms with Crippen LogP contribution >= 0.6 is 0 Å². The van der Waals surface area contributed by atoms with Gasteiger partial charge < -0.3 is 9.13 Å². The molecule has 0 atom stereocenters. The first kappa shape index (κ1) is 41.3. The van der Waals surface area contributed by atoms with Crippen molar-refractivity contribution >= 4 is 44.4 Å². The summed E-state index contributed by atoms with van der Waals surface area (Å²) < 4.78 is 4.85. The standard InChI is InChI=1S/C64H45N5/c1-43(45-13-5-3-6-14-45)21-27-61-44(2)56-17-9-11-19-62(56)68(61)54-37-52(38-55(42-54)69-63-20-12-10-18-57(63)58-39-51(26-28-64(58)69)46-15-7-4-8-16-46)47-22-24-48(25-23-47)53-40-59(49-29-33-65-34-30-49)67-60(41-53)50-31-35-66-36-32-50/h3-42H,1H2,2H3/b27-21-. The third-order valence-corrected chi connectivity index (χ3v) is 13.3. The SMILES string of the molecule is C=C(/C=C\c1c(C)c2ccccc2n1-c1cc(-c2ccc(-c3cc(-c4ccncc4)nc(-c4ccncc4)c3)cc2)cc(-n2c3ccccc3c3cc(-c4ccccc4)ccc32)c1)c1ccccc1. The van der Waals surface area contributed by atoms with Crippen LogP contribution < -0.4 is 0 Å². The number of hydrogen-bond acceptors (Lipinski definition) is 3. The number of benzene rings is 7. The second-order valence-corrected chi connectivity index (χ2v) is 17.5. The number of pyridine rings is 3. The quantitative estimate of drug-likeness (QED) is 0.129. The molecule has 0 unspecified atom stereocenters. The van der Waals surface area contributed by atoms with Crippen LogP contribution in [0.1, 0.15) is 16.8 Å². The Bertz CT molecular complexity index is 3830. The Morgan fingerprint density at radius 2 is 0.899 bits per heavy atom. The molecular weight excluding hydrogens is 839 g/mol. The van der Waals surface area contributed by atoms with E-state index in [9.17, 15) is 0 Å². The third-order valence-electron chi connectivity index (χ3n) is 13.3. The zero-order valence-corrected chi connectivity index (χ0v) is 38.0. The summed E-state index contributed by atoms with van der Waals surface area (Å²) in [5.74, 6) is 0. The molecule has 5 nitrogen and oxygen atoms in total. The molecule has 69 heavy (non-hydrogen) atoms. The second kappa shape index (κ2) is 17.6. The Morgan fingerprint density at radius 1 is 0.406 bits per heavy atom. The van der Waals surface area contributed by atoms with Crippen molar-refractivity contribution in [3.63, 3.8) is 0 Å². The minimum Gasteiger partial charge on any atom is -0.309 e. The van der Waals surface area contributed by atoms with Crippen LogP contribution in [0.3, 0.4) is 0 Å². The van der Waals surface area contributed by atoms with Crippen LogP contribution in [0.25, 0.3) is 112 Å². The van der Waals surface area contributed by atoms with Crippen molar-refractivity contribution in [2.24, 2.45) is 0 Å². The molecule has 0 saturated carbocycles. The Morgan fingerprint density at radius 3 is 1.54 bits per heavy atom. The molecule has 0 bridgehead atoms. The molecular formula is C64H45N5. The summed E-state index contributed by atoms with van der Waals surface area (Å²) in [6.07, 6.45) is 11.6. The summed E-state index contributed by atoms with van der Waals surface area (Å²) >= 11 is 0. The molecule has 7 aromatic carbocycles. The van der Waals surface area contributed by atoms with Gasteiger partial charge in [-0.15, -0.1) is 0 Å². The van der Waals surface area contributed by atoms with Crippen molar-refractivity contribution in [1.29, 1.82) is 0 Å². The van der Waals surface area contributed by atoms with Gasteiger partial charge in [-0.3, -0.25) is 9.97 Å². The lowest BCUT2D eigenvalue weighted by Crippen LogP contribution is -2.02. The van der Waals surface area contributed by atoms with E-state index >= 15 is 0 Å². The van der Waals surface area contributed by atoms with Gasteiger partial charge in [0.1, 0.15) is 0 Å². The van der Waals surface area contributed by atoms with E-state index in [1.54, 1.807) is 0 Å². The fraction of sp³-hybridized carbons (Fsp3) is 0.0156. The van der Waals surface area contributed by atoms with Gasteiger partial charge in [0.2, 0.25) is 0 Å². The lowest BCUT2D eigenvalue weighted by molar-refractivity contribution is 1.08. The van der Waals surface area contributed by atoms with E-state index in [1.165, 1.54) is 32.8 Å². The fourth-order valence-electron chi connectivity index (χ4n) is 9.80. The number of aryl methyl sites for hydroxylation is 1. The number of hydrogen-bond donors (Lipinski definition) is 0. The predicted molar refractivity (Wildman–Crippen MR) is 287 cm³/mol. The summed E-state index contributed by atoms with van der Waals surface area (Å²) in [6, 6.07) is 73.7. The molecule has 5 heterocycles. The van der Waals surface area contributed by atoms with E-state index in [0.29, 0.717) is 0 Å². The second-order valence-electron chi connectivity index (χ2n) is 17.5. The van der Waals surface area contributed by atoms with Gasteiger partial charge in [0, 0.05) is 69.1 Å². The first-order valence-corrected chi connectivity index (χ1v) is 23.2. The molecule has 0 fully saturated rings. The Kier molecular flexibility index (Phi) is 10.5. The third kappa shape index (κ3) is 7.72. The highest BCUT2D eigenvalue weighted by atomic mass is 15.0. The van der Waals surface area contributed by atoms with Gasteiger partial charge in [-0.1, -0.05) is 140 Å². The van der Waals surface area contributed by atoms with Gasteiger partial charge in [-0.25, -0.2) is 4.98 Å². The highest BCUT2D eigenvalue weighted by Gasteiger charge is 2.19. The maximum atomic E-state index is 5.10. The van der Waals surface area contributed by atoms with Crippen LogP contribution in [0.15, 0.2) is 244 Å². The molecule has 5 heteroatoms. The van der Waals surface area contributed by atoms with E-state index in [1.807, 2.05) is 55.1 Å². The summed E-state index contributed by atoms with van der Waals surface area (Å²) in [4.78, 5) is 13.6. The average Bonchev–Trinajstić information content (AvgIpc) is 3.91. The van der Waals surface area contributed by atoms with Crippen molar-refractivity contribution in [3.05, 3.63) is 261 Å². The number of aromatic nitrogens is 5. The summed E-state index contributed by atoms with van der Waals surface area (Å²) in [6.45, 7) is 6.70. The van der Waals surface area contributed by atoms with E-state index < -0.39 is 0 Å². The van der Waals surface area contributed by atoms with E-state index in [0.717, 1.165) is 89.5 Å². The molecule has 0 spiro atoms. The molecule has 12 aromatic rings. The first-order valence-electron chi connectivity index (χ1n) is 23.2.